The molecule has 1 heterocycles. The number of rotatable bonds is 3. The van der Waals surface area contributed by atoms with E-state index >= 15 is 0 Å². The van der Waals surface area contributed by atoms with Crippen molar-refractivity contribution in [2.24, 2.45) is 10.1 Å². The number of amidine groups is 1. The predicted octanol–water partition coefficient (Wildman–Crippen LogP) is 0.332. The third-order valence-electron chi connectivity index (χ3n) is 2.31. The van der Waals surface area contributed by atoms with Crippen molar-refractivity contribution in [2.75, 3.05) is 6.61 Å². The molecule has 2 rings (SSSR count). The van der Waals surface area contributed by atoms with E-state index in [0.29, 0.717) is 6.61 Å². The molecule has 0 radical (unpaired) electrons. The van der Waals surface area contributed by atoms with Crippen LogP contribution in [-0.4, -0.2) is 20.9 Å². The average molecular weight is 255 g/mol. The van der Waals surface area contributed by atoms with Crippen LogP contribution in [0.25, 0.3) is 0 Å². The fourth-order valence-electron chi connectivity index (χ4n) is 1.59. The summed E-state index contributed by atoms with van der Waals surface area (Å²) in [7, 11) is -3.63. The van der Waals surface area contributed by atoms with Crippen molar-refractivity contribution >= 4 is 16.0 Å². The van der Waals surface area contributed by atoms with Gasteiger partial charge in [0.05, 0.1) is 6.61 Å². The van der Waals surface area contributed by atoms with Gasteiger partial charge < -0.3 is 10.5 Å². The summed E-state index contributed by atoms with van der Waals surface area (Å²) in [6, 6.07) is 6.45. The van der Waals surface area contributed by atoms with E-state index in [0.717, 1.165) is 11.3 Å². The molecule has 0 spiro atoms. The first-order valence-corrected chi connectivity index (χ1v) is 6.56. The molecule has 0 saturated heterocycles. The Hall–Kier alpha value is -1.60. The molecule has 1 aliphatic rings. The number of nitrogens with zero attached hydrogens (tertiary/aromatic N) is 1. The second-order valence-electron chi connectivity index (χ2n) is 3.54. The molecule has 0 amide bonds. The smallest absolute Gasteiger partial charge is 0.322 e. The van der Waals surface area contributed by atoms with Crippen LogP contribution in [0.1, 0.15) is 18.5 Å². The van der Waals surface area contributed by atoms with Crippen LogP contribution in [0.3, 0.4) is 0 Å². The molecular weight excluding hydrogens is 242 g/mol. The first-order chi connectivity index (χ1) is 8.02. The topological polar surface area (TPSA) is 93.8 Å². The second-order valence-corrected chi connectivity index (χ2v) is 4.91. The number of benzene rings is 1. The number of nitrogens with one attached hydrogen (secondary N) is 1. The molecule has 1 atom stereocenters. The Bertz CT molecular complexity index is 536. The lowest BCUT2D eigenvalue weighted by Crippen LogP contribution is -2.28. The van der Waals surface area contributed by atoms with E-state index in [4.69, 9.17) is 10.5 Å². The number of hydrogen-bond acceptors (Lipinski definition) is 4. The van der Waals surface area contributed by atoms with Crippen LogP contribution in [0.5, 0.6) is 5.75 Å². The molecule has 1 aliphatic heterocycles. The maximum atomic E-state index is 11.2. The van der Waals surface area contributed by atoms with E-state index in [1.165, 1.54) is 0 Å². The van der Waals surface area contributed by atoms with Crippen molar-refractivity contribution in [1.29, 1.82) is 0 Å². The number of nitrogens with two attached hydrogens (primary N) is 1. The maximum absolute atomic E-state index is 11.2. The predicted molar refractivity (Wildman–Crippen MR) is 64.0 cm³/mol. The number of ether oxygens (including phenoxy) is 1. The molecule has 0 aliphatic carbocycles. The Kier molecular flexibility index (Phi) is 3.03. The minimum Gasteiger partial charge on any atom is -0.494 e. The molecule has 6 nitrogen and oxygen atoms in total. The van der Waals surface area contributed by atoms with Crippen molar-refractivity contribution in [3.8, 4) is 5.75 Å². The van der Waals surface area contributed by atoms with Crippen molar-refractivity contribution in [2.45, 2.75) is 13.0 Å². The van der Waals surface area contributed by atoms with Gasteiger partial charge in [0, 0.05) is 0 Å². The van der Waals surface area contributed by atoms with Gasteiger partial charge in [-0.2, -0.15) is 13.1 Å². The van der Waals surface area contributed by atoms with Crippen LogP contribution in [0.4, 0.5) is 0 Å². The fourth-order valence-corrected chi connectivity index (χ4v) is 2.58. The zero-order valence-corrected chi connectivity index (χ0v) is 10.1. The van der Waals surface area contributed by atoms with E-state index in [-0.39, 0.29) is 5.84 Å². The fraction of sp³-hybridized carbons (Fsp3) is 0.300. The molecule has 1 aromatic rings. The highest BCUT2D eigenvalue weighted by atomic mass is 32.2. The summed E-state index contributed by atoms with van der Waals surface area (Å²) >= 11 is 0. The van der Waals surface area contributed by atoms with Gasteiger partial charge in [-0.05, 0) is 24.6 Å². The molecular formula is C10H13N3O3S. The van der Waals surface area contributed by atoms with Crippen molar-refractivity contribution in [3.63, 3.8) is 0 Å². The van der Waals surface area contributed by atoms with Gasteiger partial charge in [0.25, 0.3) is 0 Å². The van der Waals surface area contributed by atoms with Crippen LogP contribution in [0.2, 0.25) is 0 Å². The highest BCUT2D eigenvalue weighted by Crippen LogP contribution is 2.22. The molecule has 92 valence electrons. The van der Waals surface area contributed by atoms with Gasteiger partial charge in [-0.1, -0.05) is 12.1 Å². The molecule has 0 bridgehead atoms. The van der Waals surface area contributed by atoms with Crippen molar-refractivity contribution < 1.29 is 13.2 Å². The van der Waals surface area contributed by atoms with Gasteiger partial charge in [-0.3, -0.25) is 0 Å². The first-order valence-electron chi connectivity index (χ1n) is 5.12. The third-order valence-corrected chi connectivity index (χ3v) is 3.30. The summed E-state index contributed by atoms with van der Waals surface area (Å²) in [5.41, 5.74) is 6.29. The summed E-state index contributed by atoms with van der Waals surface area (Å²) in [5, 5.41) is 0. The summed E-state index contributed by atoms with van der Waals surface area (Å²) in [6.07, 6.45) is 0. The van der Waals surface area contributed by atoms with Crippen LogP contribution < -0.4 is 15.2 Å². The normalized spacial score (nSPS) is 22.2. The van der Waals surface area contributed by atoms with Crippen LogP contribution in [-0.2, 0) is 10.2 Å². The standard InChI is InChI=1S/C10H13N3O3S/c1-2-16-8-5-3-7(4-6-8)9-10(11)13-17(14,15)12-9/h3-6,9,12H,2H2,1H3,(H2,11,13)/t9-/m1/s1. The summed E-state index contributed by atoms with van der Waals surface area (Å²) in [6.45, 7) is 2.47. The van der Waals surface area contributed by atoms with E-state index in [1.54, 1.807) is 24.3 Å². The highest BCUT2D eigenvalue weighted by Gasteiger charge is 2.29. The Balaban J connectivity index is 2.22. The highest BCUT2D eigenvalue weighted by molar-refractivity contribution is 7.88. The van der Waals surface area contributed by atoms with E-state index in [1.807, 2.05) is 6.92 Å². The molecule has 0 fully saturated rings. The molecule has 0 aromatic heterocycles. The van der Waals surface area contributed by atoms with Gasteiger partial charge in [-0.25, -0.2) is 0 Å². The van der Waals surface area contributed by atoms with Crippen LogP contribution in [0, 0.1) is 0 Å². The minimum absolute atomic E-state index is 0.0501. The summed E-state index contributed by atoms with van der Waals surface area (Å²) < 4.78 is 33.4. The Morgan fingerprint density at radius 3 is 2.53 bits per heavy atom. The zero-order chi connectivity index (χ0) is 12.5. The number of hydrogen-bond donors (Lipinski definition) is 2. The quantitative estimate of drug-likeness (QED) is 0.814. The lowest BCUT2D eigenvalue weighted by molar-refractivity contribution is 0.340. The zero-order valence-electron chi connectivity index (χ0n) is 9.25. The van der Waals surface area contributed by atoms with Crippen molar-refractivity contribution in [3.05, 3.63) is 29.8 Å². The lowest BCUT2D eigenvalue weighted by Gasteiger charge is -2.10. The van der Waals surface area contributed by atoms with Crippen LogP contribution >= 0.6 is 0 Å². The molecule has 1 aromatic carbocycles. The van der Waals surface area contributed by atoms with Gasteiger partial charge >= 0.3 is 10.2 Å². The Morgan fingerprint density at radius 1 is 1.41 bits per heavy atom. The molecule has 0 saturated carbocycles. The Morgan fingerprint density at radius 2 is 2.06 bits per heavy atom. The minimum atomic E-state index is -3.63. The Labute approximate surface area is 99.7 Å². The third kappa shape index (κ3) is 2.56. The summed E-state index contributed by atoms with van der Waals surface area (Å²) in [5.74, 6) is 0.779. The SMILES string of the molecule is CCOc1ccc([C@H]2NS(=O)(=O)N=C2N)cc1. The lowest BCUT2D eigenvalue weighted by atomic mass is 10.1. The molecule has 3 N–H and O–H groups in total. The van der Waals surface area contributed by atoms with E-state index in [2.05, 4.69) is 9.12 Å². The second kappa shape index (κ2) is 4.34. The van der Waals surface area contributed by atoms with E-state index < -0.39 is 16.3 Å². The van der Waals surface area contributed by atoms with Crippen LogP contribution in [0.15, 0.2) is 28.7 Å². The van der Waals surface area contributed by atoms with Gasteiger partial charge in [0.15, 0.2) is 0 Å². The monoisotopic (exact) mass is 255 g/mol. The van der Waals surface area contributed by atoms with Crippen molar-refractivity contribution in [1.82, 2.24) is 4.72 Å². The maximum Gasteiger partial charge on any atom is 0.322 e. The molecule has 17 heavy (non-hydrogen) atoms. The molecule has 7 heteroatoms. The van der Waals surface area contributed by atoms with E-state index in [9.17, 15) is 8.42 Å². The average Bonchev–Trinajstić information content (AvgIpc) is 2.54. The first kappa shape index (κ1) is 11.9. The molecule has 0 unspecified atom stereocenters. The van der Waals surface area contributed by atoms with Gasteiger partial charge in [-0.15, -0.1) is 4.40 Å². The largest absolute Gasteiger partial charge is 0.494 e. The van der Waals surface area contributed by atoms with Gasteiger partial charge in [0.2, 0.25) is 0 Å². The van der Waals surface area contributed by atoms with Gasteiger partial charge in [0.1, 0.15) is 17.6 Å². The summed E-state index contributed by atoms with van der Waals surface area (Å²) in [4.78, 5) is 0.